The summed E-state index contributed by atoms with van der Waals surface area (Å²) < 4.78 is 18.7. The number of benzene rings is 3. The highest BCUT2D eigenvalue weighted by Gasteiger charge is 2.26. The summed E-state index contributed by atoms with van der Waals surface area (Å²) in [5.41, 5.74) is 6.24. The summed E-state index contributed by atoms with van der Waals surface area (Å²) in [7, 11) is 3.25. The molecule has 3 aromatic carbocycles. The first-order chi connectivity index (χ1) is 19.3. The topological polar surface area (TPSA) is 78.7 Å². The number of pyridine rings is 1. The summed E-state index contributed by atoms with van der Waals surface area (Å²) in [6.45, 7) is 6.78. The van der Waals surface area contributed by atoms with E-state index < -0.39 is 5.60 Å². The summed E-state index contributed by atoms with van der Waals surface area (Å²) in [6.07, 6.45) is 2.37. The van der Waals surface area contributed by atoms with Crippen molar-refractivity contribution in [2.24, 2.45) is 0 Å². The number of fused-ring (bicyclic) bond motifs is 4. The number of hydrogen-bond acceptors (Lipinski definition) is 6. The minimum atomic E-state index is -0.539. The summed E-state index contributed by atoms with van der Waals surface area (Å²) in [5, 5.41) is 7.07. The van der Waals surface area contributed by atoms with Gasteiger partial charge in [-0.1, -0.05) is 24.3 Å². The van der Waals surface area contributed by atoms with Gasteiger partial charge in [-0.25, -0.2) is 9.48 Å². The fraction of sp³-hybridized carbons (Fsp3) is 0.281. The number of rotatable bonds is 4. The molecule has 0 saturated carbocycles. The zero-order chi connectivity index (χ0) is 28.0. The number of aromatic nitrogens is 3. The molecular formula is C32H32N4O4. The third-order valence-electron chi connectivity index (χ3n) is 7.17. The van der Waals surface area contributed by atoms with Gasteiger partial charge in [0, 0.05) is 35.6 Å². The number of amides is 1. The molecule has 0 radical (unpaired) electrons. The molecule has 8 heteroatoms. The Balaban J connectivity index is 1.49. The minimum absolute atomic E-state index is 0.291. The van der Waals surface area contributed by atoms with Gasteiger partial charge in [0.05, 0.1) is 30.9 Å². The van der Waals surface area contributed by atoms with Crippen molar-refractivity contribution >= 4 is 27.9 Å². The third kappa shape index (κ3) is 4.59. The Morgan fingerprint density at radius 2 is 1.70 bits per heavy atom. The van der Waals surface area contributed by atoms with Crippen molar-refractivity contribution in [1.29, 1.82) is 0 Å². The average Bonchev–Trinajstić information content (AvgIpc) is 3.35. The Morgan fingerprint density at radius 1 is 0.900 bits per heavy atom. The molecule has 5 aromatic rings. The normalized spacial score (nSPS) is 13.4. The van der Waals surface area contributed by atoms with E-state index in [2.05, 4.69) is 24.3 Å². The Bertz CT molecular complexity index is 1750. The standard InChI is InChI=1S/C32H32N4O4/c1-32(2,3)40-31(37)35-15-14-20-10-12-23(16-22(20)19-35)36-30-24-8-6-7-9-26(24)33-18-25(30)29(34-36)21-11-13-27(38-4)28(17-21)39-5/h6-13,16-18H,14-15,19H2,1-5H3. The van der Waals surface area contributed by atoms with Crippen LogP contribution in [0.4, 0.5) is 4.79 Å². The second-order valence-electron chi connectivity index (χ2n) is 11.0. The van der Waals surface area contributed by atoms with Crippen molar-refractivity contribution in [1.82, 2.24) is 19.7 Å². The Hall–Kier alpha value is -4.59. The molecule has 3 heterocycles. The molecule has 40 heavy (non-hydrogen) atoms. The van der Waals surface area contributed by atoms with Crippen LogP contribution < -0.4 is 9.47 Å². The van der Waals surface area contributed by atoms with Gasteiger partial charge in [0.15, 0.2) is 11.5 Å². The van der Waals surface area contributed by atoms with Crippen LogP contribution in [0.25, 0.3) is 38.8 Å². The molecule has 1 amide bonds. The quantitative estimate of drug-likeness (QED) is 0.259. The van der Waals surface area contributed by atoms with Gasteiger partial charge in [-0.15, -0.1) is 0 Å². The van der Waals surface area contributed by atoms with Gasteiger partial charge in [-0.3, -0.25) is 4.98 Å². The van der Waals surface area contributed by atoms with E-state index in [9.17, 15) is 4.79 Å². The first kappa shape index (κ1) is 25.7. The van der Waals surface area contributed by atoms with Crippen LogP contribution in [0.1, 0.15) is 31.9 Å². The maximum Gasteiger partial charge on any atom is 0.410 e. The van der Waals surface area contributed by atoms with E-state index in [-0.39, 0.29) is 6.09 Å². The maximum atomic E-state index is 12.8. The molecule has 1 aliphatic rings. The number of carbonyl (C=O) groups excluding carboxylic acids is 1. The molecule has 0 unspecified atom stereocenters. The van der Waals surface area contributed by atoms with Crippen molar-refractivity contribution in [3.05, 3.63) is 78.0 Å². The molecule has 0 N–H and O–H groups in total. The summed E-state index contributed by atoms with van der Waals surface area (Å²) >= 11 is 0. The van der Waals surface area contributed by atoms with Crippen LogP contribution in [0.5, 0.6) is 11.5 Å². The zero-order valence-corrected chi connectivity index (χ0v) is 23.4. The van der Waals surface area contributed by atoms with Crippen LogP contribution in [-0.2, 0) is 17.7 Å². The van der Waals surface area contributed by atoms with E-state index in [0.717, 1.165) is 50.7 Å². The Kier molecular flexibility index (Phi) is 6.33. The van der Waals surface area contributed by atoms with Gasteiger partial charge in [-0.05, 0) is 74.7 Å². The van der Waals surface area contributed by atoms with Crippen LogP contribution in [-0.4, -0.2) is 52.1 Å². The molecule has 2 aromatic heterocycles. The van der Waals surface area contributed by atoms with Gasteiger partial charge in [0.25, 0.3) is 0 Å². The number of carbonyl (C=O) groups is 1. The summed E-state index contributed by atoms with van der Waals surface area (Å²) in [4.78, 5) is 19.3. The van der Waals surface area contributed by atoms with E-state index >= 15 is 0 Å². The van der Waals surface area contributed by atoms with Crippen LogP contribution >= 0.6 is 0 Å². The maximum absolute atomic E-state index is 12.8. The molecule has 0 spiro atoms. The van der Waals surface area contributed by atoms with Crippen LogP contribution in [0.2, 0.25) is 0 Å². The SMILES string of the molecule is COc1ccc(-c2nn(-c3ccc4c(c3)CN(C(=O)OC(C)(C)C)CC4)c3c2cnc2ccccc23)cc1OC. The van der Waals surface area contributed by atoms with Crippen molar-refractivity contribution in [2.45, 2.75) is 39.3 Å². The Labute approximate surface area is 233 Å². The largest absolute Gasteiger partial charge is 0.493 e. The van der Waals surface area contributed by atoms with Crippen molar-refractivity contribution in [3.63, 3.8) is 0 Å². The van der Waals surface area contributed by atoms with E-state index in [1.54, 1.807) is 19.1 Å². The molecule has 0 bridgehead atoms. The lowest BCUT2D eigenvalue weighted by Gasteiger charge is -2.31. The lowest BCUT2D eigenvalue weighted by atomic mass is 9.99. The number of hydrogen-bond donors (Lipinski definition) is 0. The molecule has 0 saturated heterocycles. The van der Waals surface area contributed by atoms with Crippen LogP contribution in [0.3, 0.4) is 0 Å². The second kappa shape index (κ2) is 9.86. The molecule has 0 fully saturated rings. The highest BCUT2D eigenvalue weighted by atomic mass is 16.6. The van der Waals surface area contributed by atoms with Crippen molar-refractivity contribution < 1.29 is 19.0 Å². The van der Waals surface area contributed by atoms with Crippen molar-refractivity contribution in [3.8, 4) is 28.4 Å². The first-order valence-corrected chi connectivity index (χ1v) is 13.3. The Morgan fingerprint density at radius 3 is 2.48 bits per heavy atom. The molecule has 8 nitrogen and oxygen atoms in total. The zero-order valence-electron chi connectivity index (χ0n) is 23.4. The molecule has 6 rings (SSSR count). The smallest absolute Gasteiger partial charge is 0.410 e. The average molecular weight is 537 g/mol. The number of nitrogens with zero attached hydrogens (tertiary/aromatic N) is 4. The lowest BCUT2D eigenvalue weighted by Crippen LogP contribution is -2.39. The van der Waals surface area contributed by atoms with E-state index in [4.69, 9.17) is 24.3 Å². The van der Waals surface area contributed by atoms with E-state index in [0.29, 0.717) is 24.6 Å². The molecular weight excluding hydrogens is 504 g/mol. The minimum Gasteiger partial charge on any atom is -0.493 e. The predicted octanol–water partition coefficient (Wildman–Crippen LogP) is 6.55. The lowest BCUT2D eigenvalue weighted by molar-refractivity contribution is 0.0224. The van der Waals surface area contributed by atoms with Crippen LogP contribution in [0, 0.1) is 0 Å². The first-order valence-electron chi connectivity index (χ1n) is 13.3. The van der Waals surface area contributed by atoms with E-state index in [1.807, 2.05) is 68.0 Å². The monoisotopic (exact) mass is 536 g/mol. The number of methoxy groups -OCH3 is 2. The predicted molar refractivity (Wildman–Crippen MR) is 155 cm³/mol. The molecule has 0 aliphatic carbocycles. The highest BCUT2D eigenvalue weighted by Crippen LogP contribution is 2.38. The second-order valence-corrected chi connectivity index (χ2v) is 11.0. The van der Waals surface area contributed by atoms with Gasteiger partial charge in [-0.2, -0.15) is 5.10 Å². The fourth-order valence-corrected chi connectivity index (χ4v) is 5.27. The highest BCUT2D eigenvalue weighted by molar-refractivity contribution is 6.08. The van der Waals surface area contributed by atoms with Gasteiger partial charge in [0.2, 0.25) is 0 Å². The van der Waals surface area contributed by atoms with Gasteiger partial charge < -0.3 is 19.1 Å². The molecule has 1 aliphatic heterocycles. The van der Waals surface area contributed by atoms with Crippen LogP contribution in [0.15, 0.2) is 66.9 Å². The summed E-state index contributed by atoms with van der Waals surface area (Å²) in [5.74, 6) is 1.29. The molecule has 204 valence electrons. The fourth-order valence-electron chi connectivity index (χ4n) is 5.27. The number of ether oxygens (including phenoxy) is 3. The third-order valence-corrected chi connectivity index (χ3v) is 7.17. The van der Waals surface area contributed by atoms with Gasteiger partial charge >= 0.3 is 6.09 Å². The van der Waals surface area contributed by atoms with E-state index in [1.165, 1.54) is 5.56 Å². The number of para-hydroxylation sites is 1. The van der Waals surface area contributed by atoms with Crippen molar-refractivity contribution in [2.75, 3.05) is 20.8 Å². The molecule has 0 atom stereocenters. The summed E-state index contributed by atoms with van der Waals surface area (Å²) in [6, 6.07) is 20.3. The van der Waals surface area contributed by atoms with Gasteiger partial charge in [0.1, 0.15) is 11.3 Å².